The summed E-state index contributed by atoms with van der Waals surface area (Å²) in [6.45, 7) is 4.15. The first-order chi connectivity index (χ1) is 7.16. The third kappa shape index (κ3) is 3.08. The zero-order valence-electron chi connectivity index (χ0n) is 9.44. The maximum absolute atomic E-state index is 11.3. The van der Waals surface area contributed by atoms with Gasteiger partial charge in [0.2, 0.25) is 5.91 Å². The monoisotopic (exact) mass is 205 g/mol. The van der Waals surface area contributed by atoms with Gasteiger partial charge < -0.3 is 5.73 Å². The van der Waals surface area contributed by atoms with Gasteiger partial charge in [0.05, 0.1) is 0 Å². The van der Waals surface area contributed by atoms with Crippen molar-refractivity contribution in [3.05, 3.63) is 35.9 Å². The van der Waals surface area contributed by atoms with E-state index in [0.29, 0.717) is 0 Å². The van der Waals surface area contributed by atoms with Crippen molar-refractivity contribution in [2.24, 2.45) is 11.7 Å². The fourth-order valence-electron chi connectivity index (χ4n) is 1.94. The molecular formula is C13H19NO. The number of carbonyl (C=O) groups is 1. The van der Waals surface area contributed by atoms with Crippen LogP contribution in [-0.2, 0) is 4.79 Å². The number of carbonyl (C=O) groups excluding carboxylic acids is 1. The molecule has 2 heteroatoms. The van der Waals surface area contributed by atoms with Crippen LogP contribution < -0.4 is 5.73 Å². The van der Waals surface area contributed by atoms with Gasteiger partial charge in [-0.05, 0) is 17.9 Å². The number of rotatable bonds is 5. The largest absolute Gasteiger partial charge is 0.369 e. The minimum absolute atomic E-state index is 0.0441. The van der Waals surface area contributed by atoms with E-state index < -0.39 is 0 Å². The second kappa shape index (κ2) is 5.54. The fraction of sp³-hybridized carbons (Fsp3) is 0.462. The quantitative estimate of drug-likeness (QED) is 0.789. The Labute approximate surface area is 91.5 Å². The highest BCUT2D eigenvalue weighted by Gasteiger charge is 2.22. The van der Waals surface area contributed by atoms with Crippen LogP contribution in [0, 0.1) is 5.92 Å². The normalized spacial score (nSPS) is 14.5. The van der Waals surface area contributed by atoms with Crippen molar-refractivity contribution < 1.29 is 4.79 Å². The molecule has 0 radical (unpaired) electrons. The van der Waals surface area contributed by atoms with Gasteiger partial charge in [-0.1, -0.05) is 50.6 Å². The van der Waals surface area contributed by atoms with E-state index in [1.807, 2.05) is 18.2 Å². The van der Waals surface area contributed by atoms with Crippen molar-refractivity contribution >= 4 is 5.91 Å². The first-order valence-corrected chi connectivity index (χ1v) is 5.51. The van der Waals surface area contributed by atoms with Crippen molar-refractivity contribution in [1.82, 2.24) is 0 Å². The van der Waals surface area contributed by atoms with Crippen molar-refractivity contribution in [3.8, 4) is 0 Å². The molecule has 1 aromatic carbocycles. The predicted molar refractivity (Wildman–Crippen MR) is 62.4 cm³/mol. The van der Waals surface area contributed by atoms with Crippen LogP contribution in [0.4, 0.5) is 0 Å². The molecule has 0 aromatic heterocycles. The lowest BCUT2D eigenvalue weighted by Crippen LogP contribution is -2.27. The molecule has 0 aliphatic rings. The summed E-state index contributed by atoms with van der Waals surface area (Å²) in [5.41, 5.74) is 6.61. The minimum Gasteiger partial charge on any atom is -0.369 e. The summed E-state index contributed by atoms with van der Waals surface area (Å²) in [6, 6.07) is 10.1. The zero-order chi connectivity index (χ0) is 11.3. The maximum atomic E-state index is 11.3. The molecule has 0 fully saturated rings. The summed E-state index contributed by atoms with van der Waals surface area (Å²) < 4.78 is 0. The van der Waals surface area contributed by atoms with Crippen molar-refractivity contribution in [1.29, 1.82) is 0 Å². The molecule has 2 nitrogen and oxygen atoms in total. The van der Waals surface area contributed by atoms with E-state index in [2.05, 4.69) is 26.0 Å². The second-order valence-electron chi connectivity index (χ2n) is 4.00. The molecule has 0 heterocycles. The van der Waals surface area contributed by atoms with Crippen LogP contribution in [0.2, 0.25) is 0 Å². The lowest BCUT2D eigenvalue weighted by atomic mass is 9.84. The Morgan fingerprint density at radius 1 is 1.33 bits per heavy atom. The summed E-state index contributed by atoms with van der Waals surface area (Å²) in [6.07, 6.45) is 1.86. The smallest absolute Gasteiger partial charge is 0.221 e. The summed E-state index contributed by atoms with van der Waals surface area (Å²) in [4.78, 5) is 11.3. The van der Waals surface area contributed by atoms with Crippen LogP contribution >= 0.6 is 0 Å². The Balaban J connectivity index is 2.81. The zero-order valence-corrected chi connectivity index (χ0v) is 9.44. The van der Waals surface area contributed by atoms with E-state index in [0.717, 1.165) is 12.8 Å². The molecule has 0 saturated heterocycles. The molecule has 1 aromatic rings. The number of primary amides is 1. The van der Waals surface area contributed by atoms with E-state index in [1.165, 1.54) is 5.56 Å². The highest BCUT2D eigenvalue weighted by Crippen LogP contribution is 2.27. The summed E-state index contributed by atoms with van der Waals surface area (Å²) in [7, 11) is 0. The molecule has 0 aliphatic carbocycles. The Morgan fingerprint density at radius 3 is 2.40 bits per heavy atom. The molecule has 0 bridgehead atoms. The lowest BCUT2D eigenvalue weighted by Gasteiger charge is -2.20. The van der Waals surface area contributed by atoms with Crippen LogP contribution in [0.15, 0.2) is 30.3 Å². The number of amides is 1. The Morgan fingerprint density at radius 2 is 1.93 bits per heavy atom. The van der Waals surface area contributed by atoms with Crippen molar-refractivity contribution in [3.63, 3.8) is 0 Å². The summed E-state index contributed by atoms with van der Waals surface area (Å²) in [5.74, 6) is -0.0192. The molecule has 82 valence electrons. The second-order valence-corrected chi connectivity index (χ2v) is 4.00. The van der Waals surface area contributed by atoms with Gasteiger partial charge >= 0.3 is 0 Å². The van der Waals surface area contributed by atoms with Gasteiger partial charge in [-0.3, -0.25) is 4.79 Å². The van der Waals surface area contributed by atoms with Crippen LogP contribution in [-0.4, -0.2) is 5.91 Å². The lowest BCUT2D eigenvalue weighted by molar-refractivity contribution is -0.122. The average molecular weight is 205 g/mol. The van der Waals surface area contributed by atoms with Gasteiger partial charge in [-0.25, -0.2) is 0 Å². The van der Waals surface area contributed by atoms with E-state index in [1.54, 1.807) is 0 Å². The van der Waals surface area contributed by atoms with Gasteiger partial charge in [0.25, 0.3) is 0 Å². The highest BCUT2D eigenvalue weighted by atomic mass is 16.1. The molecule has 1 amide bonds. The molecule has 0 saturated carbocycles. The minimum atomic E-state index is -0.187. The van der Waals surface area contributed by atoms with E-state index >= 15 is 0 Å². The summed E-state index contributed by atoms with van der Waals surface area (Å²) in [5, 5.41) is 0. The van der Waals surface area contributed by atoms with Gasteiger partial charge in [-0.15, -0.1) is 0 Å². The average Bonchev–Trinajstić information content (AvgIpc) is 2.26. The number of hydrogen-bond acceptors (Lipinski definition) is 1. The standard InChI is InChI=1S/C13H19NO/c1-3-7-12(13(14)15)10(2)11-8-5-4-6-9-11/h4-6,8-10,12H,3,7H2,1-2H3,(H2,14,15). The Kier molecular flexibility index (Phi) is 4.35. The van der Waals surface area contributed by atoms with Gasteiger partial charge in [0, 0.05) is 5.92 Å². The molecule has 2 atom stereocenters. The first kappa shape index (κ1) is 11.8. The fourth-order valence-corrected chi connectivity index (χ4v) is 1.94. The third-order valence-electron chi connectivity index (χ3n) is 2.89. The van der Waals surface area contributed by atoms with Crippen LogP contribution in [0.3, 0.4) is 0 Å². The molecule has 2 N–H and O–H groups in total. The molecular weight excluding hydrogens is 186 g/mol. The van der Waals surface area contributed by atoms with Crippen molar-refractivity contribution in [2.75, 3.05) is 0 Å². The number of hydrogen-bond donors (Lipinski definition) is 1. The third-order valence-corrected chi connectivity index (χ3v) is 2.89. The van der Waals surface area contributed by atoms with Gasteiger partial charge in [0.1, 0.15) is 0 Å². The van der Waals surface area contributed by atoms with Gasteiger partial charge in [-0.2, -0.15) is 0 Å². The topological polar surface area (TPSA) is 43.1 Å². The van der Waals surface area contributed by atoms with E-state index in [-0.39, 0.29) is 17.7 Å². The molecule has 0 aliphatic heterocycles. The van der Waals surface area contributed by atoms with Crippen LogP contribution in [0.25, 0.3) is 0 Å². The van der Waals surface area contributed by atoms with E-state index in [4.69, 9.17) is 5.73 Å². The number of benzene rings is 1. The molecule has 1 rings (SSSR count). The first-order valence-electron chi connectivity index (χ1n) is 5.51. The summed E-state index contributed by atoms with van der Waals surface area (Å²) >= 11 is 0. The Bertz CT molecular complexity index is 308. The maximum Gasteiger partial charge on any atom is 0.221 e. The Hall–Kier alpha value is -1.31. The van der Waals surface area contributed by atoms with Crippen LogP contribution in [0.1, 0.15) is 38.2 Å². The number of nitrogens with two attached hydrogens (primary N) is 1. The van der Waals surface area contributed by atoms with Gasteiger partial charge in [0.15, 0.2) is 0 Å². The highest BCUT2D eigenvalue weighted by molar-refractivity contribution is 5.77. The molecule has 15 heavy (non-hydrogen) atoms. The van der Waals surface area contributed by atoms with Crippen molar-refractivity contribution in [2.45, 2.75) is 32.6 Å². The van der Waals surface area contributed by atoms with E-state index in [9.17, 15) is 4.79 Å². The van der Waals surface area contributed by atoms with Crippen LogP contribution in [0.5, 0.6) is 0 Å². The molecule has 0 spiro atoms. The predicted octanol–water partition coefficient (Wildman–Crippen LogP) is 2.69. The SMILES string of the molecule is CCCC(C(N)=O)C(C)c1ccccc1. The molecule has 2 unspecified atom stereocenters.